The number of hydrogen-bond acceptors (Lipinski definition) is 1. The van der Waals surface area contributed by atoms with E-state index >= 15 is 0 Å². The Labute approximate surface area is 61.7 Å². The van der Waals surface area contributed by atoms with Crippen LogP contribution in [0.15, 0.2) is 42.6 Å². The summed E-state index contributed by atoms with van der Waals surface area (Å²) in [6.07, 6.45) is 3.72. The van der Waals surface area contributed by atoms with E-state index in [4.69, 9.17) is 0 Å². The standard InChI is InChI=1S/C6H8N2.C2H4/c1-5-3-4-8-6(5)7-2;1-2/h3-4H,1H2,2H3,(H,7,8);1-2H2. The van der Waals surface area contributed by atoms with Crippen molar-refractivity contribution < 1.29 is 0 Å². The van der Waals surface area contributed by atoms with Gasteiger partial charge in [-0.25, -0.2) is 0 Å². The second-order valence-corrected chi connectivity index (χ2v) is 1.58. The molecule has 1 rings (SSSR count). The number of nitrogens with zero attached hydrogens (tertiary/aromatic N) is 1. The number of nitrogens with one attached hydrogen (secondary N) is 1. The summed E-state index contributed by atoms with van der Waals surface area (Å²) in [4.78, 5) is 3.91. The van der Waals surface area contributed by atoms with E-state index in [0.717, 1.165) is 11.4 Å². The lowest BCUT2D eigenvalue weighted by Gasteiger charge is -1.92. The minimum atomic E-state index is 0.866. The summed E-state index contributed by atoms with van der Waals surface area (Å²) in [5.41, 5.74) is 0.951. The molecule has 1 N–H and O–H groups in total. The summed E-state index contributed by atoms with van der Waals surface area (Å²) in [5, 5.41) is 2.93. The van der Waals surface area contributed by atoms with Gasteiger partial charge in [0.2, 0.25) is 0 Å². The molecule has 54 valence electrons. The Bertz CT molecular complexity index is 178. The van der Waals surface area contributed by atoms with Crippen molar-refractivity contribution >= 4 is 5.84 Å². The molecular formula is C8H12N2. The number of hydrogen-bond donors (Lipinski definition) is 1. The van der Waals surface area contributed by atoms with Crippen LogP contribution in [0.1, 0.15) is 0 Å². The SMILES string of the molecule is C=C.C=C1C=CNC1=NC. The van der Waals surface area contributed by atoms with Crippen LogP contribution in [0.2, 0.25) is 0 Å². The molecule has 0 aromatic carbocycles. The highest BCUT2D eigenvalue weighted by Gasteiger charge is 2.01. The Balaban J connectivity index is 0.000000371. The van der Waals surface area contributed by atoms with Crippen molar-refractivity contribution in [2.75, 3.05) is 7.05 Å². The van der Waals surface area contributed by atoms with Crippen LogP contribution in [0.5, 0.6) is 0 Å². The molecule has 0 aromatic rings. The van der Waals surface area contributed by atoms with Gasteiger partial charge in [0.1, 0.15) is 5.84 Å². The summed E-state index contributed by atoms with van der Waals surface area (Å²) in [7, 11) is 1.74. The topological polar surface area (TPSA) is 24.4 Å². The first-order chi connectivity index (χ1) is 4.84. The highest BCUT2D eigenvalue weighted by atomic mass is 15.0. The third-order valence-electron chi connectivity index (χ3n) is 1.03. The first-order valence-electron chi connectivity index (χ1n) is 2.94. The van der Waals surface area contributed by atoms with Gasteiger partial charge in [0, 0.05) is 18.8 Å². The fraction of sp³-hybridized carbons (Fsp3) is 0.125. The van der Waals surface area contributed by atoms with Gasteiger partial charge in [0.15, 0.2) is 0 Å². The molecule has 10 heavy (non-hydrogen) atoms. The van der Waals surface area contributed by atoms with E-state index in [9.17, 15) is 0 Å². The van der Waals surface area contributed by atoms with Gasteiger partial charge >= 0.3 is 0 Å². The van der Waals surface area contributed by atoms with Crippen LogP contribution in [-0.4, -0.2) is 12.9 Å². The average Bonchev–Trinajstić information content (AvgIpc) is 2.39. The maximum Gasteiger partial charge on any atom is 0.131 e. The van der Waals surface area contributed by atoms with Crippen molar-refractivity contribution in [2.24, 2.45) is 4.99 Å². The molecule has 0 radical (unpaired) electrons. The van der Waals surface area contributed by atoms with E-state index in [0.29, 0.717) is 0 Å². The van der Waals surface area contributed by atoms with E-state index in [-0.39, 0.29) is 0 Å². The van der Waals surface area contributed by atoms with Crippen molar-refractivity contribution in [3.05, 3.63) is 37.6 Å². The molecule has 0 fully saturated rings. The van der Waals surface area contributed by atoms with Gasteiger partial charge in [-0.1, -0.05) is 6.58 Å². The van der Waals surface area contributed by atoms with Gasteiger partial charge in [-0.15, -0.1) is 13.2 Å². The fourth-order valence-electron chi connectivity index (χ4n) is 0.601. The Morgan fingerprint density at radius 1 is 1.50 bits per heavy atom. The molecule has 0 saturated heterocycles. The van der Waals surface area contributed by atoms with Crippen molar-refractivity contribution in [1.29, 1.82) is 0 Å². The summed E-state index contributed by atoms with van der Waals surface area (Å²) in [6, 6.07) is 0. The van der Waals surface area contributed by atoms with Gasteiger partial charge in [0.05, 0.1) is 0 Å². The van der Waals surface area contributed by atoms with Crippen LogP contribution in [0.4, 0.5) is 0 Å². The van der Waals surface area contributed by atoms with Crippen LogP contribution < -0.4 is 5.32 Å². The predicted molar refractivity (Wildman–Crippen MR) is 46.0 cm³/mol. The quantitative estimate of drug-likeness (QED) is 0.501. The van der Waals surface area contributed by atoms with Crippen LogP contribution >= 0.6 is 0 Å². The Morgan fingerprint density at radius 3 is 2.30 bits per heavy atom. The molecule has 0 atom stereocenters. The maximum atomic E-state index is 3.91. The normalized spacial score (nSPS) is 18.1. The lowest BCUT2D eigenvalue weighted by molar-refractivity contribution is 1.27. The highest BCUT2D eigenvalue weighted by molar-refractivity contribution is 6.03. The van der Waals surface area contributed by atoms with E-state index in [1.165, 1.54) is 0 Å². The zero-order valence-corrected chi connectivity index (χ0v) is 6.22. The molecule has 0 unspecified atom stereocenters. The number of amidine groups is 1. The van der Waals surface area contributed by atoms with Gasteiger partial charge in [-0.2, -0.15) is 0 Å². The van der Waals surface area contributed by atoms with Gasteiger partial charge < -0.3 is 5.32 Å². The molecule has 0 spiro atoms. The van der Waals surface area contributed by atoms with Crippen LogP contribution in [-0.2, 0) is 0 Å². The highest BCUT2D eigenvalue weighted by Crippen LogP contribution is 1.99. The van der Waals surface area contributed by atoms with E-state index < -0.39 is 0 Å². The number of aliphatic imine (C=N–C) groups is 1. The zero-order chi connectivity index (χ0) is 7.98. The molecule has 1 aliphatic heterocycles. The summed E-state index contributed by atoms with van der Waals surface area (Å²) < 4.78 is 0. The van der Waals surface area contributed by atoms with Crippen molar-refractivity contribution in [2.45, 2.75) is 0 Å². The fourth-order valence-corrected chi connectivity index (χ4v) is 0.601. The molecule has 0 amide bonds. The number of rotatable bonds is 0. The Hall–Kier alpha value is -1.31. The van der Waals surface area contributed by atoms with Gasteiger partial charge in [0.25, 0.3) is 0 Å². The second-order valence-electron chi connectivity index (χ2n) is 1.58. The molecule has 0 aliphatic carbocycles. The van der Waals surface area contributed by atoms with E-state index in [2.05, 4.69) is 30.0 Å². The maximum absolute atomic E-state index is 3.91. The summed E-state index contributed by atoms with van der Waals surface area (Å²) in [5.74, 6) is 0.866. The van der Waals surface area contributed by atoms with Crippen LogP contribution in [0.25, 0.3) is 0 Å². The Kier molecular flexibility index (Phi) is 3.96. The van der Waals surface area contributed by atoms with Crippen molar-refractivity contribution in [3.63, 3.8) is 0 Å². The molecule has 1 aliphatic rings. The second kappa shape index (κ2) is 4.56. The molecule has 0 saturated carbocycles. The molecule has 0 aromatic heterocycles. The molecule has 0 bridgehead atoms. The first kappa shape index (κ1) is 8.69. The molecule has 2 heteroatoms. The summed E-state index contributed by atoms with van der Waals surface area (Å²) >= 11 is 0. The van der Waals surface area contributed by atoms with E-state index in [1.54, 1.807) is 7.05 Å². The third-order valence-corrected chi connectivity index (χ3v) is 1.03. The van der Waals surface area contributed by atoms with E-state index in [1.807, 2.05) is 12.3 Å². The Morgan fingerprint density at radius 2 is 2.10 bits per heavy atom. The molecule has 1 heterocycles. The monoisotopic (exact) mass is 136 g/mol. The lowest BCUT2D eigenvalue weighted by atomic mass is 10.3. The zero-order valence-electron chi connectivity index (χ0n) is 6.22. The van der Waals surface area contributed by atoms with Gasteiger partial charge in [-0.05, 0) is 6.08 Å². The van der Waals surface area contributed by atoms with Crippen LogP contribution in [0, 0.1) is 0 Å². The lowest BCUT2D eigenvalue weighted by Crippen LogP contribution is -2.11. The van der Waals surface area contributed by atoms with Gasteiger partial charge in [-0.3, -0.25) is 4.99 Å². The first-order valence-corrected chi connectivity index (χ1v) is 2.94. The predicted octanol–water partition coefficient (Wildman–Crippen LogP) is 1.49. The van der Waals surface area contributed by atoms with Crippen molar-refractivity contribution in [3.8, 4) is 0 Å². The molecule has 2 nitrogen and oxygen atoms in total. The van der Waals surface area contributed by atoms with Crippen molar-refractivity contribution in [1.82, 2.24) is 5.32 Å². The molecular weight excluding hydrogens is 124 g/mol. The largest absolute Gasteiger partial charge is 0.346 e. The third kappa shape index (κ3) is 1.90. The van der Waals surface area contributed by atoms with Crippen LogP contribution in [0.3, 0.4) is 0 Å². The minimum Gasteiger partial charge on any atom is -0.346 e. The average molecular weight is 136 g/mol. The smallest absolute Gasteiger partial charge is 0.131 e. The minimum absolute atomic E-state index is 0.866. The summed E-state index contributed by atoms with van der Waals surface area (Å²) in [6.45, 7) is 9.73.